The molecule has 0 saturated heterocycles. The molecule has 3 nitrogen and oxygen atoms in total. The second kappa shape index (κ2) is 8.41. The van der Waals surface area contributed by atoms with Crippen molar-refractivity contribution in [2.75, 3.05) is 18.9 Å². The van der Waals surface area contributed by atoms with Gasteiger partial charge in [-0.3, -0.25) is 4.79 Å². The van der Waals surface area contributed by atoms with Crippen molar-refractivity contribution in [3.05, 3.63) is 72.8 Å². The van der Waals surface area contributed by atoms with Crippen molar-refractivity contribution in [2.24, 2.45) is 0 Å². The van der Waals surface area contributed by atoms with E-state index in [9.17, 15) is 4.79 Å². The van der Waals surface area contributed by atoms with E-state index < -0.39 is 0 Å². The number of benzene rings is 3. The topological polar surface area (TPSA) is 38.3 Å². The third-order valence-electron chi connectivity index (χ3n) is 3.54. The Kier molecular flexibility index (Phi) is 5.75. The quantitative estimate of drug-likeness (QED) is 0.520. The molecule has 0 atom stereocenters. The van der Waals surface area contributed by atoms with Gasteiger partial charge in [0, 0.05) is 22.6 Å². The van der Waals surface area contributed by atoms with Crippen LogP contribution in [0.25, 0.3) is 10.8 Å². The van der Waals surface area contributed by atoms with Gasteiger partial charge in [0.05, 0.1) is 0 Å². The standard InChI is InChI=1S/C20H19NO2S/c22-20(21-13-14-24-17-9-2-1-3-10-17)15-23-19-12-6-8-16-7-4-5-11-18(16)19/h1-12H,13-15H2,(H,21,22). The highest BCUT2D eigenvalue weighted by atomic mass is 32.2. The van der Waals surface area contributed by atoms with E-state index in [1.807, 2.05) is 60.7 Å². The fourth-order valence-corrected chi connectivity index (χ4v) is 3.18. The van der Waals surface area contributed by atoms with Crippen molar-refractivity contribution < 1.29 is 9.53 Å². The summed E-state index contributed by atoms with van der Waals surface area (Å²) < 4.78 is 5.68. The Morgan fingerprint density at radius 3 is 2.54 bits per heavy atom. The Balaban J connectivity index is 1.44. The van der Waals surface area contributed by atoms with Gasteiger partial charge in [0.15, 0.2) is 6.61 Å². The molecular weight excluding hydrogens is 318 g/mol. The molecular formula is C20H19NO2S. The first-order valence-corrected chi connectivity index (χ1v) is 8.86. The molecule has 0 aliphatic carbocycles. The number of rotatable bonds is 7. The number of nitrogens with one attached hydrogen (secondary N) is 1. The van der Waals surface area contributed by atoms with Crippen LogP contribution in [0.1, 0.15) is 0 Å². The minimum absolute atomic E-state index is 0.0318. The number of amides is 1. The van der Waals surface area contributed by atoms with Crippen LogP contribution >= 0.6 is 11.8 Å². The van der Waals surface area contributed by atoms with E-state index in [1.54, 1.807) is 11.8 Å². The van der Waals surface area contributed by atoms with Gasteiger partial charge in [-0.15, -0.1) is 11.8 Å². The average Bonchev–Trinajstić information content (AvgIpc) is 2.64. The molecule has 0 saturated carbocycles. The molecule has 0 aliphatic rings. The van der Waals surface area contributed by atoms with Gasteiger partial charge in [-0.1, -0.05) is 54.6 Å². The van der Waals surface area contributed by atoms with E-state index in [-0.39, 0.29) is 12.5 Å². The number of ether oxygens (including phenoxy) is 1. The number of carbonyl (C=O) groups is 1. The van der Waals surface area contributed by atoms with Gasteiger partial charge in [0.25, 0.3) is 5.91 Å². The molecule has 1 amide bonds. The molecule has 0 aromatic heterocycles. The lowest BCUT2D eigenvalue weighted by atomic mass is 10.1. The molecule has 0 bridgehead atoms. The summed E-state index contributed by atoms with van der Waals surface area (Å²) in [4.78, 5) is 13.1. The largest absolute Gasteiger partial charge is 0.483 e. The minimum Gasteiger partial charge on any atom is -0.483 e. The third-order valence-corrected chi connectivity index (χ3v) is 4.56. The van der Waals surface area contributed by atoms with E-state index in [0.29, 0.717) is 6.54 Å². The Morgan fingerprint density at radius 1 is 0.917 bits per heavy atom. The zero-order chi connectivity index (χ0) is 16.6. The van der Waals surface area contributed by atoms with Gasteiger partial charge in [-0.05, 0) is 23.6 Å². The molecule has 0 unspecified atom stereocenters. The predicted molar refractivity (Wildman–Crippen MR) is 99.6 cm³/mol. The summed E-state index contributed by atoms with van der Waals surface area (Å²) in [6, 6.07) is 24.0. The van der Waals surface area contributed by atoms with Gasteiger partial charge in [-0.25, -0.2) is 0 Å². The fourth-order valence-electron chi connectivity index (χ4n) is 2.39. The first-order valence-electron chi connectivity index (χ1n) is 7.88. The van der Waals surface area contributed by atoms with Crippen molar-refractivity contribution in [1.82, 2.24) is 5.32 Å². The van der Waals surface area contributed by atoms with E-state index in [4.69, 9.17) is 4.74 Å². The van der Waals surface area contributed by atoms with Crippen molar-refractivity contribution in [3.8, 4) is 5.75 Å². The van der Waals surface area contributed by atoms with Gasteiger partial charge in [0.2, 0.25) is 0 Å². The fraction of sp³-hybridized carbons (Fsp3) is 0.150. The van der Waals surface area contributed by atoms with Crippen LogP contribution in [0, 0.1) is 0 Å². The SMILES string of the molecule is O=C(COc1cccc2ccccc12)NCCSc1ccccc1. The van der Waals surface area contributed by atoms with Crippen LogP contribution in [0.2, 0.25) is 0 Å². The van der Waals surface area contributed by atoms with Crippen LogP contribution in [0.15, 0.2) is 77.7 Å². The molecule has 3 aromatic carbocycles. The molecule has 0 aliphatic heterocycles. The summed E-state index contributed by atoms with van der Waals surface area (Å²) in [5.41, 5.74) is 0. The minimum atomic E-state index is -0.100. The predicted octanol–water partition coefficient (Wildman–Crippen LogP) is 4.13. The van der Waals surface area contributed by atoms with Crippen molar-refractivity contribution in [2.45, 2.75) is 4.90 Å². The monoisotopic (exact) mass is 337 g/mol. The lowest BCUT2D eigenvalue weighted by Gasteiger charge is -2.09. The molecule has 0 heterocycles. The molecule has 0 fully saturated rings. The first-order chi connectivity index (χ1) is 11.8. The second-order valence-corrected chi connectivity index (χ2v) is 6.45. The first kappa shape index (κ1) is 16.4. The van der Waals surface area contributed by atoms with Crippen LogP contribution in [-0.2, 0) is 4.79 Å². The Labute approximate surface area is 146 Å². The van der Waals surface area contributed by atoms with Crippen LogP contribution < -0.4 is 10.1 Å². The summed E-state index contributed by atoms with van der Waals surface area (Å²) in [5, 5.41) is 5.01. The maximum Gasteiger partial charge on any atom is 0.257 e. The van der Waals surface area contributed by atoms with Crippen LogP contribution in [0.4, 0.5) is 0 Å². The Bertz CT molecular complexity index is 800. The van der Waals surface area contributed by atoms with E-state index in [0.717, 1.165) is 22.3 Å². The number of thioether (sulfide) groups is 1. The van der Waals surface area contributed by atoms with Crippen LogP contribution in [0.5, 0.6) is 5.75 Å². The number of hydrogen-bond acceptors (Lipinski definition) is 3. The van der Waals surface area contributed by atoms with Crippen molar-refractivity contribution >= 4 is 28.4 Å². The lowest BCUT2D eigenvalue weighted by molar-refractivity contribution is -0.122. The molecule has 1 N–H and O–H groups in total. The summed E-state index contributed by atoms with van der Waals surface area (Å²) >= 11 is 1.72. The van der Waals surface area contributed by atoms with Crippen LogP contribution in [-0.4, -0.2) is 24.8 Å². The maximum atomic E-state index is 11.9. The number of carbonyl (C=O) groups excluding carboxylic acids is 1. The molecule has 3 aromatic rings. The molecule has 3 rings (SSSR count). The average molecular weight is 337 g/mol. The summed E-state index contributed by atoms with van der Waals surface area (Å²) in [5.74, 6) is 1.47. The van der Waals surface area contributed by atoms with E-state index in [2.05, 4.69) is 17.4 Å². The zero-order valence-electron chi connectivity index (χ0n) is 13.3. The number of hydrogen-bond donors (Lipinski definition) is 1. The highest BCUT2D eigenvalue weighted by Gasteiger charge is 2.05. The molecule has 122 valence electrons. The Hall–Kier alpha value is -2.46. The van der Waals surface area contributed by atoms with Crippen molar-refractivity contribution in [3.63, 3.8) is 0 Å². The lowest BCUT2D eigenvalue weighted by Crippen LogP contribution is -2.30. The normalized spacial score (nSPS) is 10.5. The van der Waals surface area contributed by atoms with E-state index >= 15 is 0 Å². The summed E-state index contributed by atoms with van der Waals surface area (Å²) in [6.45, 7) is 0.654. The molecule has 24 heavy (non-hydrogen) atoms. The smallest absolute Gasteiger partial charge is 0.257 e. The van der Waals surface area contributed by atoms with Gasteiger partial charge in [0.1, 0.15) is 5.75 Å². The summed E-state index contributed by atoms with van der Waals surface area (Å²) in [7, 11) is 0. The highest BCUT2D eigenvalue weighted by Crippen LogP contribution is 2.24. The van der Waals surface area contributed by atoms with Gasteiger partial charge in [-0.2, -0.15) is 0 Å². The summed E-state index contributed by atoms with van der Waals surface area (Å²) in [6.07, 6.45) is 0. The van der Waals surface area contributed by atoms with Gasteiger partial charge >= 0.3 is 0 Å². The molecule has 4 heteroatoms. The highest BCUT2D eigenvalue weighted by molar-refractivity contribution is 7.99. The van der Waals surface area contributed by atoms with Gasteiger partial charge < -0.3 is 10.1 Å². The third kappa shape index (κ3) is 4.52. The maximum absolute atomic E-state index is 11.9. The molecule has 0 spiro atoms. The zero-order valence-corrected chi connectivity index (χ0v) is 14.1. The molecule has 0 radical (unpaired) electrons. The Morgan fingerprint density at radius 2 is 1.67 bits per heavy atom. The van der Waals surface area contributed by atoms with Crippen molar-refractivity contribution in [1.29, 1.82) is 0 Å². The number of fused-ring (bicyclic) bond motifs is 1. The van der Waals surface area contributed by atoms with E-state index in [1.165, 1.54) is 4.90 Å². The second-order valence-electron chi connectivity index (χ2n) is 5.28. The van der Waals surface area contributed by atoms with Crippen LogP contribution in [0.3, 0.4) is 0 Å².